The summed E-state index contributed by atoms with van der Waals surface area (Å²) in [5.41, 5.74) is 5.71. The van der Waals surface area contributed by atoms with Crippen LogP contribution in [-0.2, 0) is 19.0 Å². The third-order valence-electron chi connectivity index (χ3n) is 3.13. The minimum absolute atomic E-state index is 0.163. The number of halogens is 1. The lowest BCUT2D eigenvalue weighted by molar-refractivity contribution is -0.146. The lowest BCUT2D eigenvalue weighted by Crippen LogP contribution is -2.47. The van der Waals surface area contributed by atoms with Crippen LogP contribution in [0.15, 0.2) is 35.3 Å². The van der Waals surface area contributed by atoms with Crippen LogP contribution >= 0.6 is 15.9 Å². The third kappa shape index (κ3) is 8.53. The number of ketones is 1. The molecule has 0 aromatic heterocycles. The Morgan fingerprint density at radius 1 is 1.32 bits per heavy atom. The van der Waals surface area contributed by atoms with Gasteiger partial charge in [0, 0.05) is 15.7 Å². The Morgan fingerprint density at radius 3 is 2.57 bits per heavy atom. The molecule has 28 heavy (non-hydrogen) atoms. The van der Waals surface area contributed by atoms with Gasteiger partial charge < -0.3 is 25.3 Å². The van der Waals surface area contributed by atoms with Gasteiger partial charge in [-0.05, 0) is 54.9 Å². The predicted molar refractivity (Wildman–Crippen MR) is 108 cm³/mol. The summed E-state index contributed by atoms with van der Waals surface area (Å²) in [4.78, 5) is 36.5. The van der Waals surface area contributed by atoms with E-state index in [1.54, 1.807) is 32.9 Å². The van der Waals surface area contributed by atoms with Crippen molar-refractivity contribution in [1.29, 1.82) is 0 Å². The summed E-state index contributed by atoms with van der Waals surface area (Å²) in [6.07, 6.45) is 0.696. The molecule has 1 atom stereocenters. The average molecular weight is 457 g/mol. The monoisotopic (exact) mass is 456 g/mol. The highest BCUT2D eigenvalue weighted by atomic mass is 79.9. The molecule has 0 radical (unpaired) electrons. The zero-order valence-corrected chi connectivity index (χ0v) is 17.7. The standard InChI is InChI=1S/C19H25BrN2O6/c1-5-8-26-10-15(22-18(25)28-19(2,3)4)17(24)27-11-16(23)13-7-6-12(21)9-14(13)20/h5-7,9,15H,1,8,10-11,21H2,2-4H3,(H,22,25). The van der Waals surface area contributed by atoms with E-state index in [0.717, 1.165) is 0 Å². The van der Waals surface area contributed by atoms with E-state index in [-0.39, 0.29) is 13.2 Å². The molecule has 1 unspecified atom stereocenters. The molecule has 0 aliphatic carbocycles. The smallest absolute Gasteiger partial charge is 0.408 e. The van der Waals surface area contributed by atoms with Crippen molar-refractivity contribution in [3.8, 4) is 0 Å². The van der Waals surface area contributed by atoms with Crippen molar-refractivity contribution >= 4 is 39.5 Å². The third-order valence-corrected chi connectivity index (χ3v) is 3.79. The largest absolute Gasteiger partial charge is 0.456 e. The zero-order chi connectivity index (χ0) is 21.3. The summed E-state index contributed by atoms with van der Waals surface area (Å²) in [6.45, 7) is 8.09. The maximum atomic E-state index is 12.3. The van der Waals surface area contributed by atoms with Gasteiger partial charge >= 0.3 is 12.1 Å². The van der Waals surface area contributed by atoms with Crippen LogP contribution < -0.4 is 11.1 Å². The fourth-order valence-electron chi connectivity index (χ4n) is 1.96. The molecule has 8 nitrogen and oxygen atoms in total. The Kier molecular flexibility index (Phi) is 9.14. The lowest BCUT2D eigenvalue weighted by atomic mass is 10.1. The average Bonchev–Trinajstić information content (AvgIpc) is 2.57. The maximum Gasteiger partial charge on any atom is 0.408 e. The van der Waals surface area contributed by atoms with E-state index in [0.29, 0.717) is 15.7 Å². The van der Waals surface area contributed by atoms with Crippen LogP contribution in [0.4, 0.5) is 10.5 Å². The lowest BCUT2D eigenvalue weighted by Gasteiger charge is -2.22. The van der Waals surface area contributed by atoms with E-state index < -0.39 is 36.1 Å². The van der Waals surface area contributed by atoms with Crippen molar-refractivity contribution in [1.82, 2.24) is 5.32 Å². The van der Waals surface area contributed by atoms with Crippen molar-refractivity contribution in [3.63, 3.8) is 0 Å². The van der Waals surface area contributed by atoms with Gasteiger partial charge in [0.2, 0.25) is 5.78 Å². The Bertz CT molecular complexity index is 730. The van der Waals surface area contributed by atoms with Gasteiger partial charge in [-0.2, -0.15) is 0 Å². The summed E-state index contributed by atoms with van der Waals surface area (Å²) >= 11 is 3.24. The van der Waals surface area contributed by atoms with Crippen LogP contribution in [0, 0.1) is 0 Å². The van der Waals surface area contributed by atoms with Crippen LogP contribution in [0.1, 0.15) is 31.1 Å². The molecule has 0 spiro atoms. The number of rotatable bonds is 9. The Hall–Kier alpha value is -2.39. The van der Waals surface area contributed by atoms with E-state index in [1.165, 1.54) is 12.1 Å². The van der Waals surface area contributed by atoms with Crippen molar-refractivity contribution in [2.75, 3.05) is 25.6 Å². The normalized spacial score (nSPS) is 12.0. The summed E-state index contributed by atoms with van der Waals surface area (Å²) in [7, 11) is 0. The van der Waals surface area contributed by atoms with Gasteiger partial charge in [0.15, 0.2) is 12.6 Å². The Balaban J connectivity index is 2.72. The van der Waals surface area contributed by atoms with Crippen LogP contribution in [0.5, 0.6) is 0 Å². The first-order chi connectivity index (χ1) is 13.0. The number of esters is 1. The number of amides is 1. The molecule has 1 rings (SSSR count). The van der Waals surface area contributed by atoms with Gasteiger partial charge in [-0.1, -0.05) is 6.08 Å². The van der Waals surface area contributed by atoms with Crippen molar-refractivity contribution < 1.29 is 28.6 Å². The van der Waals surface area contributed by atoms with Gasteiger partial charge in [0.05, 0.1) is 13.2 Å². The molecule has 3 N–H and O–H groups in total. The molecule has 0 fully saturated rings. The fraction of sp³-hybridized carbons (Fsp3) is 0.421. The van der Waals surface area contributed by atoms with Crippen LogP contribution in [0.3, 0.4) is 0 Å². The molecule has 0 aliphatic rings. The number of hydrogen-bond donors (Lipinski definition) is 2. The Morgan fingerprint density at radius 2 is 2.00 bits per heavy atom. The number of nitrogens with one attached hydrogen (secondary N) is 1. The number of alkyl carbamates (subject to hydrolysis) is 1. The minimum atomic E-state index is -1.14. The second-order valence-electron chi connectivity index (χ2n) is 6.80. The Labute approximate surface area is 172 Å². The quantitative estimate of drug-likeness (QED) is 0.193. The van der Waals surface area contributed by atoms with Crippen molar-refractivity contribution in [2.24, 2.45) is 0 Å². The van der Waals surface area contributed by atoms with E-state index in [4.69, 9.17) is 19.9 Å². The van der Waals surface area contributed by atoms with E-state index in [9.17, 15) is 14.4 Å². The number of carbonyl (C=O) groups excluding carboxylic acids is 3. The van der Waals surface area contributed by atoms with Gasteiger partial charge in [-0.15, -0.1) is 6.58 Å². The molecule has 9 heteroatoms. The number of carbonyl (C=O) groups is 3. The molecule has 0 saturated carbocycles. The van der Waals surface area contributed by atoms with Crippen LogP contribution in [-0.4, -0.2) is 49.3 Å². The van der Waals surface area contributed by atoms with Crippen molar-refractivity contribution in [2.45, 2.75) is 32.4 Å². The number of hydrogen-bond acceptors (Lipinski definition) is 7. The van der Waals surface area contributed by atoms with Gasteiger partial charge in [0.1, 0.15) is 5.60 Å². The summed E-state index contributed by atoms with van der Waals surface area (Å²) < 4.78 is 15.9. The number of nitrogen functional groups attached to an aromatic ring is 1. The van der Waals surface area contributed by atoms with E-state index in [2.05, 4.69) is 27.8 Å². The molecule has 1 aromatic carbocycles. The first-order valence-corrected chi connectivity index (χ1v) is 9.26. The summed E-state index contributed by atoms with van der Waals surface area (Å²) in [5, 5.41) is 2.38. The van der Waals surface area contributed by atoms with Gasteiger partial charge in [0.25, 0.3) is 0 Å². The highest BCUT2D eigenvalue weighted by molar-refractivity contribution is 9.10. The zero-order valence-electron chi connectivity index (χ0n) is 16.1. The molecule has 0 bridgehead atoms. The summed E-state index contributed by atoms with van der Waals surface area (Å²) in [5.74, 6) is -1.25. The van der Waals surface area contributed by atoms with Crippen molar-refractivity contribution in [3.05, 3.63) is 40.9 Å². The fourth-order valence-corrected chi connectivity index (χ4v) is 2.58. The second kappa shape index (κ2) is 10.8. The predicted octanol–water partition coefficient (Wildman–Crippen LogP) is 2.85. The SMILES string of the molecule is C=CCOCC(NC(=O)OC(C)(C)C)C(=O)OCC(=O)c1ccc(N)cc1Br. The molecular formula is C19H25BrN2O6. The molecule has 0 saturated heterocycles. The second-order valence-corrected chi connectivity index (χ2v) is 7.65. The molecule has 1 amide bonds. The maximum absolute atomic E-state index is 12.3. The number of ether oxygens (including phenoxy) is 3. The first kappa shape index (κ1) is 23.6. The number of nitrogens with two attached hydrogens (primary N) is 1. The number of benzene rings is 1. The highest BCUT2D eigenvalue weighted by Gasteiger charge is 2.26. The van der Waals surface area contributed by atoms with Crippen LogP contribution in [0.25, 0.3) is 0 Å². The van der Waals surface area contributed by atoms with E-state index in [1.807, 2.05) is 0 Å². The molecule has 0 aliphatic heterocycles. The molecule has 0 heterocycles. The molecule has 1 aromatic rings. The van der Waals surface area contributed by atoms with E-state index >= 15 is 0 Å². The topological polar surface area (TPSA) is 117 Å². The first-order valence-electron chi connectivity index (χ1n) is 8.46. The van der Waals surface area contributed by atoms with Gasteiger partial charge in [-0.25, -0.2) is 9.59 Å². The highest BCUT2D eigenvalue weighted by Crippen LogP contribution is 2.20. The molecular weight excluding hydrogens is 432 g/mol. The van der Waals surface area contributed by atoms with Gasteiger partial charge in [-0.3, -0.25) is 4.79 Å². The number of Topliss-reactive ketones (excluding diaryl/α,β-unsaturated/α-hetero) is 1. The minimum Gasteiger partial charge on any atom is -0.456 e. The molecule has 154 valence electrons. The van der Waals surface area contributed by atoms with Crippen LogP contribution in [0.2, 0.25) is 0 Å². The summed E-state index contributed by atoms with van der Waals surface area (Å²) in [6, 6.07) is 3.53. The number of anilines is 1.